The van der Waals surface area contributed by atoms with Gasteiger partial charge >= 0.3 is 0 Å². The van der Waals surface area contributed by atoms with E-state index >= 15 is 0 Å². The van der Waals surface area contributed by atoms with Crippen LogP contribution in [0.5, 0.6) is 0 Å². The molecule has 0 fully saturated rings. The summed E-state index contributed by atoms with van der Waals surface area (Å²) in [5.74, 6) is -0.392. The Morgan fingerprint density at radius 3 is 2.22 bits per heavy atom. The van der Waals surface area contributed by atoms with Crippen molar-refractivity contribution in [2.75, 3.05) is 24.2 Å². The van der Waals surface area contributed by atoms with Crippen molar-refractivity contribution in [3.63, 3.8) is 0 Å². The molecule has 8 heteroatoms. The summed E-state index contributed by atoms with van der Waals surface area (Å²) < 4.78 is 26.1. The first kappa shape index (κ1) is 25.4. The number of nitrogens with one attached hydrogen (secondary N) is 1. The van der Waals surface area contributed by atoms with Crippen molar-refractivity contribution in [1.29, 1.82) is 0 Å². The van der Waals surface area contributed by atoms with E-state index in [0.717, 1.165) is 11.1 Å². The van der Waals surface area contributed by atoms with Gasteiger partial charge in [0.25, 0.3) is 0 Å². The Kier molecular flexibility index (Phi) is 9.26. The zero-order chi connectivity index (χ0) is 23.7. The SMILES string of the molecule is CC[C@H](C(=O)NC)N(Cc1ccccc1)C(=O)CCCN(c1ccccc1C)S(C)(=O)=O. The molecule has 0 aromatic heterocycles. The van der Waals surface area contributed by atoms with Gasteiger partial charge in [0, 0.05) is 26.6 Å². The van der Waals surface area contributed by atoms with Gasteiger partial charge in [0.15, 0.2) is 0 Å². The number of hydrogen-bond donors (Lipinski definition) is 1. The summed E-state index contributed by atoms with van der Waals surface area (Å²) >= 11 is 0. The molecule has 0 aliphatic heterocycles. The zero-order valence-electron chi connectivity index (χ0n) is 19.2. The van der Waals surface area contributed by atoms with Crippen molar-refractivity contribution in [2.45, 2.75) is 45.7 Å². The van der Waals surface area contributed by atoms with Crippen LogP contribution in [0.4, 0.5) is 5.69 Å². The average Bonchev–Trinajstić information content (AvgIpc) is 2.76. The van der Waals surface area contributed by atoms with Crippen molar-refractivity contribution in [3.8, 4) is 0 Å². The van der Waals surface area contributed by atoms with Crippen molar-refractivity contribution in [1.82, 2.24) is 10.2 Å². The highest BCUT2D eigenvalue weighted by Gasteiger charge is 2.28. The van der Waals surface area contributed by atoms with Gasteiger partial charge in [-0.05, 0) is 37.0 Å². The Morgan fingerprint density at radius 2 is 1.66 bits per heavy atom. The Bertz CT molecular complexity index is 1010. The second-order valence-corrected chi connectivity index (χ2v) is 9.68. The maximum absolute atomic E-state index is 13.2. The van der Waals surface area contributed by atoms with Crippen LogP contribution in [0, 0.1) is 6.92 Å². The maximum atomic E-state index is 13.2. The molecule has 1 N–H and O–H groups in total. The second-order valence-electron chi connectivity index (χ2n) is 7.77. The van der Waals surface area contributed by atoms with Crippen LogP contribution >= 0.6 is 0 Å². The molecule has 0 radical (unpaired) electrons. The normalized spacial score (nSPS) is 12.1. The first-order chi connectivity index (χ1) is 15.2. The van der Waals surface area contributed by atoms with Crippen LogP contribution in [0.2, 0.25) is 0 Å². The van der Waals surface area contributed by atoms with E-state index in [-0.39, 0.29) is 24.8 Å². The molecular formula is C24H33N3O4S. The standard InChI is InChI=1S/C24H33N3O4S/c1-5-21(24(29)25-3)26(18-20-13-7-6-8-14-20)23(28)16-11-17-27(32(4,30)31)22-15-10-9-12-19(22)2/h6-10,12-15,21H,5,11,16-18H2,1-4H3,(H,25,29)/t21-/m1/s1. The minimum Gasteiger partial charge on any atom is -0.357 e. The molecule has 7 nitrogen and oxygen atoms in total. The van der Waals surface area contributed by atoms with Crippen LogP contribution in [-0.4, -0.2) is 51.0 Å². The molecule has 2 aromatic carbocycles. The van der Waals surface area contributed by atoms with E-state index in [1.165, 1.54) is 10.6 Å². The van der Waals surface area contributed by atoms with Crippen molar-refractivity contribution < 1.29 is 18.0 Å². The molecule has 0 bridgehead atoms. The van der Waals surface area contributed by atoms with Gasteiger partial charge in [0.1, 0.15) is 6.04 Å². The molecule has 0 aliphatic carbocycles. The summed E-state index contributed by atoms with van der Waals surface area (Å²) in [5.41, 5.74) is 2.39. The van der Waals surface area contributed by atoms with Crippen LogP contribution < -0.4 is 9.62 Å². The molecule has 2 aromatic rings. The highest BCUT2D eigenvalue weighted by molar-refractivity contribution is 7.92. The Hall–Kier alpha value is -2.87. The number of aryl methyl sites for hydroxylation is 1. The molecule has 0 unspecified atom stereocenters. The van der Waals surface area contributed by atoms with Gasteiger partial charge in [-0.25, -0.2) is 8.42 Å². The minimum atomic E-state index is -3.50. The lowest BCUT2D eigenvalue weighted by Crippen LogP contribution is -2.48. The molecule has 0 aliphatic rings. The van der Waals surface area contributed by atoms with E-state index in [2.05, 4.69) is 5.32 Å². The summed E-state index contributed by atoms with van der Waals surface area (Å²) in [6.07, 6.45) is 2.13. The number of para-hydroxylation sites is 1. The van der Waals surface area contributed by atoms with E-state index in [9.17, 15) is 18.0 Å². The molecule has 2 rings (SSSR count). The monoisotopic (exact) mass is 459 g/mol. The molecule has 0 saturated heterocycles. The number of carbonyl (C=O) groups excluding carboxylic acids is 2. The largest absolute Gasteiger partial charge is 0.357 e. The Labute approximate surface area is 191 Å². The summed E-state index contributed by atoms with van der Waals surface area (Å²) in [5, 5.41) is 2.64. The molecular weight excluding hydrogens is 426 g/mol. The van der Waals surface area contributed by atoms with Gasteiger partial charge < -0.3 is 10.2 Å². The molecule has 1 atom stereocenters. The lowest BCUT2D eigenvalue weighted by Gasteiger charge is -2.31. The molecule has 0 heterocycles. The highest BCUT2D eigenvalue weighted by atomic mass is 32.2. The van der Waals surface area contributed by atoms with E-state index in [1.807, 2.05) is 56.3 Å². The van der Waals surface area contributed by atoms with Crippen molar-refractivity contribution in [2.24, 2.45) is 0 Å². The first-order valence-electron chi connectivity index (χ1n) is 10.8. The number of sulfonamides is 1. The third-order valence-electron chi connectivity index (χ3n) is 5.36. The summed E-state index contributed by atoms with van der Waals surface area (Å²) in [6, 6.07) is 16.2. The average molecular weight is 460 g/mol. The predicted octanol–water partition coefficient (Wildman–Crippen LogP) is 3.09. The van der Waals surface area contributed by atoms with E-state index in [0.29, 0.717) is 25.1 Å². The fourth-order valence-electron chi connectivity index (χ4n) is 3.69. The topological polar surface area (TPSA) is 86.8 Å². The number of benzene rings is 2. The number of amides is 2. The number of hydrogen-bond acceptors (Lipinski definition) is 4. The zero-order valence-corrected chi connectivity index (χ0v) is 20.1. The molecule has 2 amide bonds. The van der Waals surface area contributed by atoms with Gasteiger partial charge in [-0.15, -0.1) is 0 Å². The number of anilines is 1. The van der Waals surface area contributed by atoms with Crippen LogP contribution in [0.15, 0.2) is 54.6 Å². The summed E-state index contributed by atoms with van der Waals surface area (Å²) in [4.78, 5) is 27.2. The second kappa shape index (κ2) is 11.7. The Morgan fingerprint density at radius 1 is 1.03 bits per heavy atom. The highest BCUT2D eigenvalue weighted by Crippen LogP contribution is 2.23. The molecule has 0 spiro atoms. The van der Waals surface area contributed by atoms with Gasteiger partial charge in [0.05, 0.1) is 11.9 Å². The third kappa shape index (κ3) is 6.82. The van der Waals surface area contributed by atoms with Gasteiger partial charge in [-0.2, -0.15) is 0 Å². The van der Waals surface area contributed by atoms with Crippen LogP contribution in [0.3, 0.4) is 0 Å². The van der Waals surface area contributed by atoms with Crippen molar-refractivity contribution >= 4 is 27.5 Å². The fraction of sp³-hybridized carbons (Fsp3) is 0.417. The smallest absolute Gasteiger partial charge is 0.242 e. The lowest BCUT2D eigenvalue weighted by atomic mass is 10.1. The van der Waals surface area contributed by atoms with Crippen LogP contribution in [-0.2, 0) is 26.2 Å². The quantitative estimate of drug-likeness (QED) is 0.559. The van der Waals surface area contributed by atoms with Gasteiger partial charge in [-0.3, -0.25) is 13.9 Å². The number of rotatable bonds is 11. The number of carbonyl (C=O) groups is 2. The summed E-state index contributed by atoms with van der Waals surface area (Å²) in [6.45, 7) is 4.23. The van der Waals surface area contributed by atoms with E-state index in [4.69, 9.17) is 0 Å². The van der Waals surface area contributed by atoms with Gasteiger partial charge in [-0.1, -0.05) is 55.5 Å². The predicted molar refractivity (Wildman–Crippen MR) is 128 cm³/mol. The minimum absolute atomic E-state index is 0.137. The van der Waals surface area contributed by atoms with Gasteiger partial charge in [0.2, 0.25) is 21.8 Å². The third-order valence-corrected chi connectivity index (χ3v) is 6.54. The number of likely N-dealkylation sites (N-methyl/N-ethyl adjacent to an activating group) is 1. The molecule has 0 saturated carbocycles. The Balaban J connectivity index is 2.17. The lowest BCUT2D eigenvalue weighted by molar-refractivity contribution is -0.141. The molecule has 174 valence electrons. The van der Waals surface area contributed by atoms with E-state index in [1.54, 1.807) is 24.1 Å². The van der Waals surface area contributed by atoms with Crippen LogP contribution in [0.1, 0.15) is 37.3 Å². The first-order valence-corrected chi connectivity index (χ1v) is 12.6. The van der Waals surface area contributed by atoms with E-state index < -0.39 is 16.1 Å². The fourth-order valence-corrected chi connectivity index (χ4v) is 4.71. The molecule has 32 heavy (non-hydrogen) atoms. The van der Waals surface area contributed by atoms with Crippen molar-refractivity contribution in [3.05, 3.63) is 65.7 Å². The number of nitrogens with zero attached hydrogens (tertiary/aromatic N) is 2. The maximum Gasteiger partial charge on any atom is 0.242 e. The summed E-state index contributed by atoms with van der Waals surface area (Å²) in [7, 11) is -1.94. The van der Waals surface area contributed by atoms with Crippen LogP contribution in [0.25, 0.3) is 0 Å².